The van der Waals surface area contributed by atoms with Gasteiger partial charge in [0.15, 0.2) is 0 Å². The fourth-order valence-corrected chi connectivity index (χ4v) is 6.42. The molecule has 0 amide bonds. The standard InChI is InChI=1S/2C21H40N2/c2*1-10-13-14-15-20(7,8)18-22-16(19(4,5)6)17(23-18)21(9,11-2)12-3/h2*10-15H2,1-9H3,(H,22,23). The van der Waals surface area contributed by atoms with Gasteiger partial charge in [-0.05, 0) is 38.5 Å². The maximum Gasteiger partial charge on any atom is 0.112 e. The van der Waals surface area contributed by atoms with Crippen LogP contribution in [0, 0.1) is 0 Å². The van der Waals surface area contributed by atoms with E-state index in [1.807, 2.05) is 0 Å². The van der Waals surface area contributed by atoms with Crippen LogP contribution in [0.4, 0.5) is 0 Å². The van der Waals surface area contributed by atoms with E-state index in [-0.39, 0.29) is 32.5 Å². The van der Waals surface area contributed by atoms with Crippen molar-refractivity contribution in [2.45, 2.75) is 234 Å². The van der Waals surface area contributed by atoms with Gasteiger partial charge in [-0.15, -0.1) is 0 Å². The van der Waals surface area contributed by atoms with E-state index in [9.17, 15) is 0 Å². The number of nitrogens with zero attached hydrogens (tertiary/aromatic N) is 2. The molecule has 0 aliphatic carbocycles. The van der Waals surface area contributed by atoms with Gasteiger partial charge >= 0.3 is 0 Å². The van der Waals surface area contributed by atoms with E-state index < -0.39 is 0 Å². The van der Waals surface area contributed by atoms with Crippen molar-refractivity contribution >= 4 is 0 Å². The first-order chi connectivity index (χ1) is 21.0. The molecule has 2 aromatic heterocycles. The van der Waals surface area contributed by atoms with Crippen molar-refractivity contribution in [1.82, 2.24) is 19.9 Å². The lowest BCUT2D eigenvalue weighted by Gasteiger charge is -2.30. The van der Waals surface area contributed by atoms with Crippen LogP contribution >= 0.6 is 0 Å². The molecule has 0 bridgehead atoms. The summed E-state index contributed by atoms with van der Waals surface area (Å²) in [5.41, 5.74) is 6.04. The highest BCUT2D eigenvalue weighted by molar-refractivity contribution is 5.32. The molecule has 2 N–H and O–H groups in total. The quantitative estimate of drug-likeness (QED) is 0.179. The molecule has 0 aliphatic rings. The van der Waals surface area contributed by atoms with Gasteiger partial charge < -0.3 is 9.97 Å². The lowest BCUT2D eigenvalue weighted by Crippen LogP contribution is -2.26. The first kappa shape index (κ1) is 42.4. The van der Waals surface area contributed by atoms with E-state index in [2.05, 4.69) is 135 Å². The predicted molar refractivity (Wildman–Crippen MR) is 205 cm³/mol. The number of unbranched alkanes of at least 4 members (excludes halogenated alkanes) is 4. The zero-order valence-corrected chi connectivity index (χ0v) is 34.4. The van der Waals surface area contributed by atoms with E-state index in [4.69, 9.17) is 9.97 Å². The molecule has 268 valence electrons. The van der Waals surface area contributed by atoms with Gasteiger partial charge in [-0.2, -0.15) is 0 Å². The summed E-state index contributed by atoms with van der Waals surface area (Å²) < 4.78 is 0. The smallest absolute Gasteiger partial charge is 0.112 e. The number of H-pyrrole nitrogens is 2. The van der Waals surface area contributed by atoms with Crippen LogP contribution in [0.2, 0.25) is 0 Å². The van der Waals surface area contributed by atoms with Crippen molar-refractivity contribution in [2.75, 3.05) is 0 Å². The molecule has 0 spiro atoms. The van der Waals surface area contributed by atoms with Gasteiger partial charge in [-0.3, -0.25) is 0 Å². The third-order valence-electron chi connectivity index (χ3n) is 11.2. The second-order valence-electron chi connectivity index (χ2n) is 18.3. The minimum Gasteiger partial charge on any atom is -0.345 e. The molecule has 0 aromatic carbocycles. The fourth-order valence-electron chi connectivity index (χ4n) is 6.42. The molecule has 46 heavy (non-hydrogen) atoms. The highest BCUT2D eigenvalue weighted by Crippen LogP contribution is 2.41. The normalized spacial score (nSPS) is 13.6. The average Bonchev–Trinajstić information content (AvgIpc) is 3.65. The van der Waals surface area contributed by atoms with Gasteiger partial charge in [-0.1, -0.05) is 163 Å². The number of nitrogens with one attached hydrogen (secondary N) is 2. The van der Waals surface area contributed by atoms with Crippen molar-refractivity contribution in [3.05, 3.63) is 34.4 Å². The van der Waals surface area contributed by atoms with Crippen molar-refractivity contribution in [2.24, 2.45) is 0 Å². The molecular weight excluding hydrogens is 560 g/mol. The number of imidazole rings is 2. The first-order valence-electron chi connectivity index (χ1n) is 19.3. The zero-order valence-electron chi connectivity index (χ0n) is 34.4. The minimum atomic E-state index is 0.0786. The zero-order chi connectivity index (χ0) is 35.8. The fraction of sp³-hybridized carbons (Fsp3) is 0.857. The topological polar surface area (TPSA) is 57.4 Å². The predicted octanol–water partition coefficient (Wildman–Crippen LogP) is 13.3. The van der Waals surface area contributed by atoms with Crippen LogP contribution in [0.5, 0.6) is 0 Å². The summed E-state index contributed by atoms with van der Waals surface area (Å²) in [4.78, 5) is 17.9. The van der Waals surface area contributed by atoms with E-state index in [0.717, 1.165) is 25.7 Å². The molecule has 0 unspecified atom stereocenters. The highest BCUT2D eigenvalue weighted by atomic mass is 15.0. The Balaban J connectivity index is 0.000000460. The van der Waals surface area contributed by atoms with E-state index in [1.54, 1.807) is 0 Å². The molecule has 0 saturated carbocycles. The van der Waals surface area contributed by atoms with Gasteiger partial charge in [0, 0.05) is 43.9 Å². The monoisotopic (exact) mass is 641 g/mol. The van der Waals surface area contributed by atoms with Gasteiger partial charge in [0.2, 0.25) is 0 Å². The summed E-state index contributed by atoms with van der Waals surface area (Å²) in [7, 11) is 0. The molecule has 2 aromatic rings. The Morgan fingerprint density at radius 2 is 0.717 bits per heavy atom. The summed E-state index contributed by atoms with van der Waals surface area (Å²) in [6.07, 6.45) is 14.7. The van der Waals surface area contributed by atoms with Crippen molar-refractivity contribution in [1.29, 1.82) is 0 Å². The lowest BCUT2D eigenvalue weighted by molar-refractivity contribution is 0.406. The Labute approximate surface area is 287 Å². The van der Waals surface area contributed by atoms with Crippen LogP contribution in [0.1, 0.15) is 236 Å². The Bertz CT molecular complexity index is 1060. The summed E-state index contributed by atoms with van der Waals surface area (Å²) in [5, 5.41) is 0. The van der Waals surface area contributed by atoms with E-state index >= 15 is 0 Å². The number of aromatic nitrogens is 4. The van der Waals surface area contributed by atoms with Crippen LogP contribution in [-0.2, 0) is 32.5 Å². The van der Waals surface area contributed by atoms with Crippen LogP contribution in [0.15, 0.2) is 0 Å². The second kappa shape index (κ2) is 16.7. The third kappa shape index (κ3) is 10.7. The van der Waals surface area contributed by atoms with Crippen LogP contribution in [0.25, 0.3) is 0 Å². The Kier molecular flexibility index (Phi) is 15.4. The molecule has 0 radical (unpaired) electrons. The Hall–Kier alpha value is -1.58. The van der Waals surface area contributed by atoms with Crippen molar-refractivity contribution in [3.8, 4) is 0 Å². The largest absolute Gasteiger partial charge is 0.345 e. The van der Waals surface area contributed by atoms with Crippen LogP contribution in [-0.4, -0.2) is 19.9 Å². The molecule has 0 saturated heterocycles. The average molecular weight is 641 g/mol. The third-order valence-corrected chi connectivity index (χ3v) is 11.2. The van der Waals surface area contributed by atoms with Crippen molar-refractivity contribution < 1.29 is 0 Å². The Morgan fingerprint density at radius 3 is 0.935 bits per heavy atom. The Morgan fingerprint density at radius 1 is 0.435 bits per heavy atom. The number of rotatable bonds is 16. The van der Waals surface area contributed by atoms with Gasteiger partial charge in [0.25, 0.3) is 0 Å². The summed E-state index contributed by atoms with van der Waals surface area (Å²) in [6.45, 7) is 41.5. The lowest BCUT2D eigenvalue weighted by atomic mass is 9.76. The molecule has 2 heterocycles. The SMILES string of the molecule is CCCCCC(C)(C)c1nc(C(C)(C)C)c(C(C)(CC)CC)[nH]1.CCCCCC(C)(C)c1nc(C(C)(C)C)c(C(C)(CC)CC)[nH]1. The molecule has 0 fully saturated rings. The molecule has 0 atom stereocenters. The number of hydrogen-bond donors (Lipinski definition) is 2. The van der Waals surface area contributed by atoms with Gasteiger partial charge in [0.05, 0.1) is 11.4 Å². The molecule has 2 rings (SSSR count). The second-order valence-corrected chi connectivity index (χ2v) is 18.3. The molecule has 4 heteroatoms. The van der Waals surface area contributed by atoms with Crippen LogP contribution in [0.3, 0.4) is 0 Å². The van der Waals surface area contributed by atoms with Crippen molar-refractivity contribution in [3.63, 3.8) is 0 Å². The molecule has 4 nitrogen and oxygen atoms in total. The first-order valence-corrected chi connectivity index (χ1v) is 19.3. The molecule has 0 aliphatic heterocycles. The summed E-state index contributed by atoms with van der Waals surface area (Å²) in [5.74, 6) is 2.36. The maximum absolute atomic E-state index is 5.14. The van der Waals surface area contributed by atoms with Gasteiger partial charge in [-0.25, -0.2) is 9.97 Å². The van der Waals surface area contributed by atoms with E-state index in [0.29, 0.717) is 0 Å². The van der Waals surface area contributed by atoms with E-state index in [1.165, 1.54) is 85.8 Å². The summed E-state index contributed by atoms with van der Waals surface area (Å²) in [6, 6.07) is 0. The van der Waals surface area contributed by atoms with Crippen LogP contribution < -0.4 is 0 Å². The molecular formula is C42H80N4. The number of hydrogen-bond acceptors (Lipinski definition) is 2. The van der Waals surface area contributed by atoms with Gasteiger partial charge in [0.1, 0.15) is 11.6 Å². The minimum absolute atomic E-state index is 0.0786. The summed E-state index contributed by atoms with van der Waals surface area (Å²) >= 11 is 0. The highest BCUT2D eigenvalue weighted by Gasteiger charge is 2.37. The number of aromatic amines is 2. The maximum atomic E-state index is 5.14.